The number of amides is 2. The summed E-state index contributed by atoms with van der Waals surface area (Å²) in [7, 11) is 0. The van der Waals surface area contributed by atoms with E-state index in [1.165, 1.54) is 0 Å². The lowest BCUT2D eigenvalue weighted by atomic mass is 9.75. The Bertz CT molecular complexity index is 559. The molecule has 4 aliphatic rings. The van der Waals surface area contributed by atoms with Crippen molar-refractivity contribution in [3.8, 4) is 0 Å². The zero-order chi connectivity index (χ0) is 18.7. The van der Waals surface area contributed by atoms with E-state index in [2.05, 4.69) is 38.3 Å². The Morgan fingerprint density at radius 1 is 0.846 bits per heavy atom. The molecule has 146 valence electrons. The van der Waals surface area contributed by atoms with Crippen molar-refractivity contribution in [2.45, 2.75) is 76.8 Å². The minimum absolute atomic E-state index is 0.0161. The van der Waals surface area contributed by atoms with Gasteiger partial charge in [-0.05, 0) is 51.4 Å². The van der Waals surface area contributed by atoms with E-state index in [9.17, 15) is 9.59 Å². The molecule has 6 nitrogen and oxygen atoms in total. The van der Waals surface area contributed by atoms with Crippen molar-refractivity contribution in [1.82, 2.24) is 10.6 Å². The fourth-order valence-electron chi connectivity index (χ4n) is 5.39. The van der Waals surface area contributed by atoms with Crippen molar-refractivity contribution < 1.29 is 19.1 Å². The Balaban J connectivity index is 1.17. The van der Waals surface area contributed by atoms with Crippen LogP contribution >= 0.6 is 0 Å². The van der Waals surface area contributed by atoms with Crippen LogP contribution < -0.4 is 10.6 Å². The third kappa shape index (κ3) is 3.26. The third-order valence-corrected chi connectivity index (χ3v) is 7.23. The van der Waals surface area contributed by atoms with Gasteiger partial charge in [0.2, 0.25) is 11.8 Å². The van der Waals surface area contributed by atoms with Crippen molar-refractivity contribution >= 4 is 11.8 Å². The molecule has 2 amide bonds. The predicted molar refractivity (Wildman–Crippen MR) is 96.4 cm³/mol. The summed E-state index contributed by atoms with van der Waals surface area (Å²) in [5.41, 5.74) is 0.0322. The van der Waals surface area contributed by atoms with E-state index in [1.807, 2.05) is 0 Å². The molecule has 26 heavy (non-hydrogen) atoms. The van der Waals surface area contributed by atoms with Crippen molar-refractivity contribution in [3.05, 3.63) is 0 Å². The molecule has 0 aromatic heterocycles. The highest BCUT2D eigenvalue weighted by atomic mass is 16.6. The standard InChI is InChI=1S/C20H32N2O4/c1-11-9-19(3)15(25-19)7-13(11)17(23)21-5-6-22-18(24)14-8-16-20(4,26-16)10-12(14)2/h11-16H,5-10H2,1-4H3,(H,21,23)(H,22,24). The lowest BCUT2D eigenvalue weighted by Gasteiger charge is -2.29. The summed E-state index contributed by atoms with van der Waals surface area (Å²) in [5, 5.41) is 5.99. The quantitative estimate of drug-likeness (QED) is 0.574. The molecule has 0 aromatic rings. The van der Waals surface area contributed by atoms with Crippen LogP contribution in [0.3, 0.4) is 0 Å². The first-order valence-electron chi connectivity index (χ1n) is 10.1. The van der Waals surface area contributed by atoms with Gasteiger partial charge in [-0.15, -0.1) is 0 Å². The number of hydrogen-bond acceptors (Lipinski definition) is 4. The monoisotopic (exact) mass is 364 g/mol. The van der Waals surface area contributed by atoms with Gasteiger partial charge < -0.3 is 20.1 Å². The van der Waals surface area contributed by atoms with Gasteiger partial charge in [0, 0.05) is 24.9 Å². The van der Waals surface area contributed by atoms with Gasteiger partial charge in [-0.1, -0.05) is 13.8 Å². The van der Waals surface area contributed by atoms with Crippen LogP contribution in [-0.4, -0.2) is 48.3 Å². The Morgan fingerprint density at radius 2 is 1.23 bits per heavy atom. The second-order valence-electron chi connectivity index (χ2n) is 9.47. The van der Waals surface area contributed by atoms with Gasteiger partial charge in [-0.25, -0.2) is 0 Å². The number of ether oxygens (including phenoxy) is 2. The molecule has 2 saturated heterocycles. The van der Waals surface area contributed by atoms with E-state index in [0.29, 0.717) is 24.9 Å². The summed E-state index contributed by atoms with van der Waals surface area (Å²) in [6, 6.07) is 0. The third-order valence-electron chi connectivity index (χ3n) is 7.23. The van der Waals surface area contributed by atoms with Crippen LogP contribution in [-0.2, 0) is 19.1 Å². The normalized spacial score (nSPS) is 48.8. The van der Waals surface area contributed by atoms with Crippen molar-refractivity contribution in [3.63, 3.8) is 0 Å². The van der Waals surface area contributed by atoms with Crippen LogP contribution in [0.25, 0.3) is 0 Å². The molecule has 6 heteroatoms. The molecule has 2 aliphatic heterocycles. The maximum absolute atomic E-state index is 12.5. The molecule has 8 atom stereocenters. The Labute approximate surface area is 155 Å². The summed E-state index contributed by atoms with van der Waals surface area (Å²) < 4.78 is 11.4. The summed E-state index contributed by atoms with van der Waals surface area (Å²) in [6.45, 7) is 9.50. The van der Waals surface area contributed by atoms with Crippen LogP contribution in [0.1, 0.15) is 53.4 Å². The number of nitrogens with one attached hydrogen (secondary N) is 2. The van der Waals surface area contributed by atoms with E-state index in [1.54, 1.807) is 0 Å². The number of epoxide rings is 2. The van der Waals surface area contributed by atoms with E-state index in [4.69, 9.17) is 9.47 Å². The van der Waals surface area contributed by atoms with Gasteiger partial charge in [0.1, 0.15) is 0 Å². The van der Waals surface area contributed by atoms with E-state index < -0.39 is 0 Å². The van der Waals surface area contributed by atoms with Crippen LogP contribution in [0.5, 0.6) is 0 Å². The number of hydrogen-bond donors (Lipinski definition) is 2. The average Bonchev–Trinajstić information content (AvgIpc) is 3.41. The predicted octanol–water partition coefficient (Wildman–Crippen LogP) is 1.63. The molecule has 2 N–H and O–H groups in total. The van der Waals surface area contributed by atoms with E-state index in [0.717, 1.165) is 25.7 Å². The van der Waals surface area contributed by atoms with Crippen molar-refractivity contribution in [1.29, 1.82) is 0 Å². The molecule has 0 bridgehead atoms. The fourth-order valence-corrected chi connectivity index (χ4v) is 5.39. The lowest BCUT2D eigenvalue weighted by molar-refractivity contribution is -0.129. The van der Waals surface area contributed by atoms with Crippen LogP contribution in [0.15, 0.2) is 0 Å². The first-order valence-corrected chi connectivity index (χ1v) is 10.1. The highest BCUT2D eigenvalue weighted by Crippen LogP contribution is 2.52. The first kappa shape index (κ1) is 18.2. The summed E-state index contributed by atoms with van der Waals surface area (Å²) in [4.78, 5) is 24.9. The zero-order valence-electron chi connectivity index (χ0n) is 16.3. The average molecular weight is 364 g/mol. The number of carbonyl (C=O) groups is 2. The highest BCUT2D eigenvalue weighted by molar-refractivity contribution is 5.80. The summed E-state index contributed by atoms with van der Waals surface area (Å²) in [5.74, 6) is 0.909. The van der Waals surface area contributed by atoms with Crippen LogP contribution in [0.2, 0.25) is 0 Å². The van der Waals surface area contributed by atoms with Crippen LogP contribution in [0, 0.1) is 23.7 Å². The minimum atomic E-state index is 0.0161. The lowest BCUT2D eigenvalue weighted by Crippen LogP contribution is -2.44. The van der Waals surface area contributed by atoms with Gasteiger partial charge in [-0.2, -0.15) is 0 Å². The smallest absolute Gasteiger partial charge is 0.223 e. The van der Waals surface area contributed by atoms with Crippen molar-refractivity contribution in [2.24, 2.45) is 23.7 Å². The molecule has 8 unspecified atom stereocenters. The maximum Gasteiger partial charge on any atom is 0.223 e. The number of fused-ring (bicyclic) bond motifs is 2. The highest BCUT2D eigenvalue weighted by Gasteiger charge is 2.59. The molecular formula is C20H32N2O4. The first-order chi connectivity index (χ1) is 12.2. The topological polar surface area (TPSA) is 83.3 Å². The Morgan fingerprint density at radius 3 is 1.62 bits per heavy atom. The second kappa shape index (κ2) is 6.20. The van der Waals surface area contributed by atoms with Gasteiger partial charge in [-0.3, -0.25) is 9.59 Å². The molecule has 4 rings (SSSR count). The molecule has 4 fully saturated rings. The summed E-state index contributed by atoms with van der Waals surface area (Å²) in [6.07, 6.45) is 4.03. The van der Waals surface area contributed by atoms with Crippen molar-refractivity contribution in [2.75, 3.05) is 13.1 Å². The molecule has 0 aromatic carbocycles. The maximum atomic E-state index is 12.5. The largest absolute Gasteiger partial charge is 0.366 e. The fraction of sp³-hybridized carbons (Fsp3) is 0.900. The van der Waals surface area contributed by atoms with Gasteiger partial charge >= 0.3 is 0 Å². The second-order valence-corrected chi connectivity index (χ2v) is 9.47. The SMILES string of the molecule is CC1CC2(C)OC2CC1C(=O)NCCNC(=O)C1CC2OC2(C)CC1C. The molecule has 2 aliphatic carbocycles. The molecule has 0 radical (unpaired) electrons. The molecular weight excluding hydrogens is 332 g/mol. The number of carbonyl (C=O) groups excluding carboxylic acids is 2. The molecule has 0 spiro atoms. The van der Waals surface area contributed by atoms with E-state index in [-0.39, 0.29) is 47.1 Å². The Hall–Kier alpha value is -1.14. The minimum Gasteiger partial charge on any atom is -0.366 e. The van der Waals surface area contributed by atoms with Crippen LogP contribution in [0.4, 0.5) is 0 Å². The van der Waals surface area contributed by atoms with E-state index >= 15 is 0 Å². The molecule has 2 saturated carbocycles. The van der Waals surface area contributed by atoms with Gasteiger partial charge in [0.25, 0.3) is 0 Å². The molecule has 2 heterocycles. The van der Waals surface area contributed by atoms with Gasteiger partial charge in [0.15, 0.2) is 0 Å². The zero-order valence-corrected chi connectivity index (χ0v) is 16.3. The number of rotatable bonds is 5. The summed E-state index contributed by atoms with van der Waals surface area (Å²) >= 11 is 0. The Kier molecular flexibility index (Phi) is 4.35. The van der Waals surface area contributed by atoms with Gasteiger partial charge in [0.05, 0.1) is 23.4 Å².